The predicted octanol–water partition coefficient (Wildman–Crippen LogP) is 6.09. The highest BCUT2D eigenvalue weighted by atomic mass is 32.1. The Morgan fingerprint density at radius 3 is 2.60 bits per heavy atom. The molecule has 0 bridgehead atoms. The van der Waals surface area contributed by atoms with Gasteiger partial charge in [-0.15, -0.1) is 21.5 Å². The van der Waals surface area contributed by atoms with Crippen molar-refractivity contribution >= 4 is 32.3 Å². The van der Waals surface area contributed by atoms with Crippen LogP contribution in [0.15, 0.2) is 78.9 Å². The number of nitrogens with zero attached hydrogens (tertiary/aromatic N) is 3. The van der Waals surface area contributed by atoms with E-state index in [4.69, 9.17) is 0 Å². The van der Waals surface area contributed by atoms with Gasteiger partial charge in [0.15, 0.2) is 0 Å². The SMILES string of the molecule is CN1Cc2cc(-c3cc4ccccc4nn3)ccc2C(c2cc3ccccc3s2)C1. The molecule has 3 heterocycles. The summed E-state index contributed by atoms with van der Waals surface area (Å²) < 4.78 is 1.37. The number of hydrogen-bond donors (Lipinski definition) is 0. The number of rotatable bonds is 2. The van der Waals surface area contributed by atoms with Crippen molar-refractivity contribution in [3.8, 4) is 11.3 Å². The smallest absolute Gasteiger partial charge is 0.0936 e. The lowest BCUT2D eigenvalue weighted by Gasteiger charge is -2.32. The Bertz CT molecular complexity index is 1350. The molecular weight excluding hydrogens is 386 g/mol. The van der Waals surface area contributed by atoms with Crippen molar-refractivity contribution in [2.45, 2.75) is 12.5 Å². The van der Waals surface area contributed by atoms with E-state index in [9.17, 15) is 0 Å². The van der Waals surface area contributed by atoms with Gasteiger partial charge in [-0.1, -0.05) is 48.5 Å². The molecule has 3 aromatic carbocycles. The zero-order valence-corrected chi connectivity index (χ0v) is 17.6. The molecule has 2 aromatic heterocycles. The molecule has 6 rings (SSSR count). The minimum atomic E-state index is 0.410. The molecule has 30 heavy (non-hydrogen) atoms. The van der Waals surface area contributed by atoms with Crippen LogP contribution in [0.25, 0.3) is 32.2 Å². The molecule has 1 atom stereocenters. The van der Waals surface area contributed by atoms with Crippen molar-refractivity contribution in [3.63, 3.8) is 0 Å². The van der Waals surface area contributed by atoms with Crippen LogP contribution in [0.4, 0.5) is 0 Å². The second kappa shape index (κ2) is 7.01. The highest BCUT2D eigenvalue weighted by Gasteiger charge is 2.26. The second-order valence-corrected chi connectivity index (χ2v) is 9.25. The Balaban J connectivity index is 1.43. The largest absolute Gasteiger partial charge is 0.301 e. The van der Waals surface area contributed by atoms with Gasteiger partial charge in [0, 0.05) is 39.5 Å². The van der Waals surface area contributed by atoms with Gasteiger partial charge < -0.3 is 4.90 Å². The summed E-state index contributed by atoms with van der Waals surface area (Å²) >= 11 is 1.92. The third kappa shape index (κ3) is 3.00. The lowest BCUT2D eigenvalue weighted by atomic mass is 9.87. The highest BCUT2D eigenvalue weighted by Crippen LogP contribution is 2.40. The van der Waals surface area contributed by atoms with E-state index < -0.39 is 0 Å². The first kappa shape index (κ1) is 17.8. The molecule has 3 nitrogen and oxygen atoms in total. The molecule has 1 aliphatic rings. The molecule has 0 saturated heterocycles. The highest BCUT2D eigenvalue weighted by molar-refractivity contribution is 7.19. The summed E-state index contributed by atoms with van der Waals surface area (Å²) in [5.74, 6) is 0.410. The standard InChI is InChI=1S/C26H21N3S/c1-29-15-20-12-18(24-13-17-6-2-4-8-23(17)27-28-24)10-11-21(20)22(16-29)26-14-19-7-3-5-9-25(19)30-26/h2-14,22H,15-16H2,1H3. The van der Waals surface area contributed by atoms with Crippen LogP contribution in [0.2, 0.25) is 0 Å². The predicted molar refractivity (Wildman–Crippen MR) is 125 cm³/mol. The van der Waals surface area contributed by atoms with E-state index in [0.29, 0.717) is 5.92 Å². The second-order valence-electron chi connectivity index (χ2n) is 8.14. The molecule has 0 aliphatic carbocycles. The van der Waals surface area contributed by atoms with E-state index in [2.05, 4.69) is 82.8 Å². The molecule has 146 valence electrons. The molecule has 4 heteroatoms. The van der Waals surface area contributed by atoms with Crippen molar-refractivity contribution < 1.29 is 0 Å². The summed E-state index contributed by atoms with van der Waals surface area (Å²) in [5.41, 5.74) is 5.83. The molecular formula is C26H21N3S. The monoisotopic (exact) mass is 407 g/mol. The van der Waals surface area contributed by atoms with Crippen LogP contribution in [-0.2, 0) is 6.54 Å². The zero-order valence-electron chi connectivity index (χ0n) is 16.7. The first-order valence-electron chi connectivity index (χ1n) is 10.3. The van der Waals surface area contributed by atoms with Crippen LogP contribution in [0.5, 0.6) is 0 Å². The van der Waals surface area contributed by atoms with Crippen LogP contribution in [-0.4, -0.2) is 28.7 Å². The molecule has 1 aliphatic heterocycles. The fraction of sp³-hybridized carbons (Fsp3) is 0.154. The summed E-state index contributed by atoms with van der Waals surface area (Å²) in [6.45, 7) is 2.01. The van der Waals surface area contributed by atoms with Crippen LogP contribution in [0.3, 0.4) is 0 Å². The van der Waals surface area contributed by atoms with Gasteiger partial charge in [-0.05, 0) is 53.9 Å². The lowest BCUT2D eigenvalue weighted by molar-refractivity contribution is 0.296. The van der Waals surface area contributed by atoms with Crippen LogP contribution in [0.1, 0.15) is 21.9 Å². The first-order valence-corrected chi connectivity index (χ1v) is 11.1. The molecule has 0 N–H and O–H groups in total. The van der Waals surface area contributed by atoms with E-state index in [1.54, 1.807) is 0 Å². The summed E-state index contributed by atoms with van der Waals surface area (Å²) in [5, 5.41) is 11.4. The Labute approximate surface area is 179 Å². The number of aromatic nitrogens is 2. The number of benzene rings is 3. The Hall–Kier alpha value is -3.08. The number of hydrogen-bond acceptors (Lipinski definition) is 4. The summed E-state index contributed by atoms with van der Waals surface area (Å²) in [4.78, 5) is 3.87. The fourth-order valence-corrected chi connectivity index (χ4v) is 5.73. The molecule has 1 unspecified atom stereocenters. The third-order valence-electron chi connectivity index (χ3n) is 6.03. The molecule has 0 amide bonds. The Morgan fingerprint density at radius 2 is 1.70 bits per heavy atom. The average molecular weight is 408 g/mol. The van der Waals surface area contributed by atoms with E-state index in [1.807, 2.05) is 29.5 Å². The average Bonchev–Trinajstić information content (AvgIpc) is 3.22. The van der Waals surface area contributed by atoms with Crippen molar-refractivity contribution in [2.24, 2.45) is 0 Å². The first-order chi connectivity index (χ1) is 14.7. The van der Waals surface area contributed by atoms with Crippen LogP contribution >= 0.6 is 11.3 Å². The van der Waals surface area contributed by atoms with Crippen molar-refractivity contribution in [1.82, 2.24) is 15.1 Å². The summed E-state index contributed by atoms with van der Waals surface area (Å²) in [7, 11) is 2.21. The van der Waals surface area contributed by atoms with Crippen LogP contribution < -0.4 is 0 Å². The quantitative estimate of drug-likeness (QED) is 0.355. The van der Waals surface area contributed by atoms with Gasteiger partial charge in [0.25, 0.3) is 0 Å². The maximum Gasteiger partial charge on any atom is 0.0936 e. The Morgan fingerprint density at radius 1 is 0.867 bits per heavy atom. The lowest BCUT2D eigenvalue weighted by Crippen LogP contribution is -2.30. The van der Waals surface area contributed by atoms with Gasteiger partial charge in [0.1, 0.15) is 0 Å². The van der Waals surface area contributed by atoms with Crippen molar-refractivity contribution in [2.75, 3.05) is 13.6 Å². The summed E-state index contributed by atoms with van der Waals surface area (Å²) in [6.07, 6.45) is 0. The van der Waals surface area contributed by atoms with Gasteiger partial charge in [-0.25, -0.2) is 0 Å². The molecule has 0 fully saturated rings. The third-order valence-corrected chi connectivity index (χ3v) is 7.26. The molecule has 0 spiro atoms. The molecule has 0 radical (unpaired) electrons. The van der Waals surface area contributed by atoms with Gasteiger partial charge in [-0.2, -0.15) is 0 Å². The van der Waals surface area contributed by atoms with Crippen molar-refractivity contribution in [3.05, 3.63) is 94.9 Å². The normalized spacial score (nSPS) is 16.8. The van der Waals surface area contributed by atoms with Crippen LogP contribution in [0, 0.1) is 0 Å². The number of thiophene rings is 1. The van der Waals surface area contributed by atoms with E-state index >= 15 is 0 Å². The van der Waals surface area contributed by atoms with Gasteiger partial charge in [-0.3, -0.25) is 0 Å². The maximum atomic E-state index is 4.49. The molecule has 0 saturated carbocycles. The van der Waals surface area contributed by atoms with E-state index in [0.717, 1.165) is 35.2 Å². The van der Waals surface area contributed by atoms with E-state index in [1.165, 1.54) is 26.1 Å². The topological polar surface area (TPSA) is 29.0 Å². The van der Waals surface area contributed by atoms with Gasteiger partial charge in [0.2, 0.25) is 0 Å². The molecule has 5 aromatic rings. The Kier molecular flexibility index (Phi) is 4.15. The number of fused-ring (bicyclic) bond motifs is 3. The van der Waals surface area contributed by atoms with Crippen molar-refractivity contribution in [1.29, 1.82) is 0 Å². The fourth-order valence-electron chi connectivity index (χ4n) is 4.55. The zero-order chi connectivity index (χ0) is 20.1. The maximum absolute atomic E-state index is 4.49. The van der Waals surface area contributed by atoms with E-state index in [-0.39, 0.29) is 0 Å². The minimum absolute atomic E-state index is 0.410. The summed E-state index contributed by atoms with van der Waals surface area (Å²) in [6, 6.07) is 28.2. The minimum Gasteiger partial charge on any atom is -0.301 e. The number of likely N-dealkylation sites (N-methyl/N-ethyl adjacent to an activating group) is 1. The van der Waals surface area contributed by atoms with Gasteiger partial charge in [0.05, 0.1) is 11.2 Å². The van der Waals surface area contributed by atoms with Gasteiger partial charge >= 0.3 is 0 Å².